The Kier molecular flexibility index (Phi) is 17.5. The summed E-state index contributed by atoms with van der Waals surface area (Å²) in [4.78, 5) is 7.79. The Morgan fingerprint density at radius 3 is 1.10 bits per heavy atom. The third-order valence-electron chi connectivity index (χ3n) is 7.88. The Labute approximate surface area is 197 Å². The molecule has 5 nitrogen and oxygen atoms in total. The summed E-state index contributed by atoms with van der Waals surface area (Å²) in [7, 11) is 1.64. The summed E-state index contributed by atoms with van der Waals surface area (Å²) in [5.41, 5.74) is 0.345. The van der Waals surface area contributed by atoms with E-state index in [4.69, 9.17) is 8.85 Å². The van der Waals surface area contributed by atoms with Crippen molar-refractivity contribution in [3.05, 3.63) is 0 Å². The monoisotopic (exact) mass is 459 g/mol. The van der Waals surface area contributed by atoms with Crippen LogP contribution < -0.4 is 0 Å². The summed E-state index contributed by atoms with van der Waals surface area (Å²) >= 11 is 0. The molecular formula is C25H57N3O2Si. The molecule has 6 heteroatoms. The zero-order chi connectivity index (χ0) is 23.8. The summed E-state index contributed by atoms with van der Waals surface area (Å²) in [5, 5.41) is 0. The maximum absolute atomic E-state index is 6.02. The van der Waals surface area contributed by atoms with Crippen LogP contribution in [0, 0.1) is 5.41 Å². The molecule has 0 radical (unpaired) electrons. The van der Waals surface area contributed by atoms with Gasteiger partial charge in [0.2, 0.25) is 0 Å². The molecule has 0 unspecified atom stereocenters. The maximum atomic E-state index is 6.02. The van der Waals surface area contributed by atoms with Crippen LogP contribution in [0.4, 0.5) is 0 Å². The molecule has 0 aromatic carbocycles. The lowest BCUT2D eigenvalue weighted by molar-refractivity contribution is 0.118. The Morgan fingerprint density at radius 1 is 0.548 bits per heavy atom. The molecule has 0 saturated heterocycles. The topological polar surface area (TPSA) is 28.2 Å². The summed E-state index contributed by atoms with van der Waals surface area (Å²) in [6.45, 7) is 26.4. The highest BCUT2D eigenvalue weighted by molar-refractivity contribution is 6.67. The van der Waals surface area contributed by atoms with Gasteiger partial charge in [-0.25, -0.2) is 0 Å². The highest BCUT2D eigenvalue weighted by Crippen LogP contribution is 2.40. The third-order valence-corrected chi connectivity index (χ3v) is 11.5. The minimum Gasteiger partial charge on any atom is -0.398 e. The molecule has 31 heavy (non-hydrogen) atoms. The molecule has 0 saturated carbocycles. The summed E-state index contributed by atoms with van der Waals surface area (Å²) in [6, 6.07) is 2.13. The van der Waals surface area contributed by atoms with Crippen LogP contribution in [0.15, 0.2) is 0 Å². The summed E-state index contributed by atoms with van der Waals surface area (Å²) in [5.74, 6) is 0. The van der Waals surface area contributed by atoms with Crippen molar-refractivity contribution in [1.82, 2.24) is 14.7 Å². The predicted molar refractivity (Wildman–Crippen MR) is 139 cm³/mol. The highest BCUT2D eigenvalue weighted by atomic mass is 28.4. The quantitative estimate of drug-likeness (QED) is 0.217. The van der Waals surface area contributed by atoms with Gasteiger partial charge < -0.3 is 23.6 Å². The van der Waals surface area contributed by atoms with Crippen molar-refractivity contribution >= 4 is 8.56 Å². The number of hydrogen-bond acceptors (Lipinski definition) is 5. The molecule has 0 fully saturated rings. The van der Waals surface area contributed by atoms with Crippen LogP contribution in [0.2, 0.25) is 12.1 Å². The van der Waals surface area contributed by atoms with Crippen LogP contribution in [0.1, 0.15) is 74.1 Å². The molecule has 0 aliphatic carbocycles. The second-order valence-corrected chi connectivity index (χ2v) is 12.8. The van der Waals surface area contributed by atoms with E-state index in [2.05, 4.69) is 63.2 Å². The van der Waals surface area contributed by atoms with Gasteiger partial charge in [0.05, 0.1) is 0 Å². The standard InChI is InChI=1S/C25H57N3O2Si/c1-10-26(11-2)21-17-25(18-22-27(12-3)13-4,19-23-28(14-5)15-6)20-24-31(16-7,29-8)30-9/h10-24H2,1-9H3. The lowest BCUT2D eigenvalue weighted by Crippen LogP contribution is -2.43. The fourth-order valence-electron chi connectivity index (χ4n) is 4.76. The van der Waals surface area contributed by atoms with E-state index in [0.717, 1.165) is 51.4 Å². The first-order valence-electron chi connectivity index (χ1n) is 13.1. The molecule has 0 N–H and O–H groups in total. The van der Waals surface area contributed by atoms with Crippen LogP contribution in [-0.4, -0.2) is 96.4 Å². The van der Waals surface area contributed by atoms with Gasteiger partial charge in [-0.1, -0.05) is 48.5 Å². The average molecular weight is 460 g/mol. The van der Waals surface area contributed by atoms with Crippen molar-refractivity contribution < 1.29 is 8.85 Å². The van der Waals surface area contributed by atoms with Crippen molar-refractivity contribution in [2.45, 2.75) is 86.2 Å². The van der Waals surface area contributed by atoms with Gasteiger partial charge in [0.15, 0.2) is 0 Å². The Morgan fingerprint density at radius 2 is 0.871 bits per heavy atom. The second kappa shape index (κ2) is 17.5. The molecule has 0 aliphatic rings. The maximum Gasteiger partial charge on any atom is 0.337 e. The van der Waals surface area contributed by atoms with E-state index in [1.165, 1.54) is 45.3 Å². The second-order valence-electron chi connectivity index (χ2n) is 9.00. The number of rotatable bonds is 21. The van der Waals surface area contributed by atoms with E-state index in [1.54, 1.807) is 0 Å². The Hall–Kier alpha value is 0.0169. The lowest BCUT2D eigenvalue weighted by Gasteiger charge is -2.40. The predicted octanol–water partition coefficient (Wildman–Crippen LogP) is 5.31. The van der Waals surface area contributed by atoms with Gasteiger partial charge in [-0.2, -0.15) is 0 Å². The van der Waals surface area contributed by atoms with E-state index >= 15 is 0 Å². The van der Waals surface area contributed by atoms with Crippen molar-refractivity contribution in [2.24, 2.45) is 5.41 Å². The SMILES string of the molecule is CCN(CC)CCC(CCN(CC)CC)(CCN(CC)CC)CC[Si](CC)(OC)OC. The zero-order valence-corrected chi connectivity index (χ0v) is 23.8. The van der Waals surface area contributed by atoms with Crippen molar-refractivity contribution in [3.63, 3.8) is 0 Å². The summed E-state index contributed by atoms with van der Waals surface area (Å²) < 4.78 is 12.0. The first kappa shape index (κ1) is 31.0. The minimum absolute atomic E-state index is 0.345. The fraction of sp³-hybridized carbons (Fsp3) is 1.00. The first-order valence-corrected chi connectivity index (χ1v) is 15.4. The Bertz CT molecular complexity index is 361. The first-order chi connectivity index (χ1) is 14.9. The molecule has 0 aliphatic heterocycles. The average Bonchev–Trinajstić information content (AvgIpc) is 2.82. The largest absolute Gasteiger partial charge is 0.398 e. The van der Waals surface area contributed by atoms with E-state index in [0.29, 0.717) is 5.41 Å². The van der Waals surface area contributed by atoms with E-state index in [9.17, 15) is 0 Å². The molecule has 0 atom stereocenters. The van der Waals surface area contributed by atoms with Gasteiger partial charge in [0.1, 0.15) is 0 Å². The number of hydrogen-bond donors (Lipinski definition) is 0. The van der Waals surface area contributed by atoms with Crippen LogP contribution in [0.25, 0.3) is 0 Å². The van der Waals surface area contributed by atoms with E-state index in [-0.39, 0.29) is 0 Å². The molecule has 0 bridgehead atoms. The van der Waals surface area contributed by atoms with Gasteiger partial charge >= 0.3 is 8.56 Å². The molecule has 188 valence electrons. The Balaban J connectivity index is 5.74. The summed E-state index contributed by atoms with van der Waals surface area (Å²) in [6.07, 6.45) is 5.05. The van der Waals surface area contributed by atoms with Gasteiger partial charge in [-0.15, -0.1) is 0 Å². The van der Waals surface area contributed by atoms with Crippen molar-refractivity contribution in [1.29, 1.82) is 0 Å². The lowest BCUT2D eigenvalue weighted by atomic mass is 9.75. The highest BCUT2D eigenvalue weighted by Gasteiger charge is 2.38. The zero-order valence-electron chi connectivity index (χ0n) is 22.8. The molecule has 0 spiro atoms. The molecule has 0 rings (SSSR count). The van der Waals surface area contributed by atoms with E-state index in [1.807, 2.05) is 14.2 Å². The molecule has 0 amide bonds. The van der Waals surface area contributed by atoms with Crippen molar-refractivity contribution in [3.8, 4) is 0 Å². The molecule has 0 heterocycles. The smallest absolute Gasteiger partial charge is 0.337 e. The molecule has 0 aromatic heterocycles. The van der Waals surface area contributed by atoms with Gasteiger partial charge in [-0.3, -0.25) is 0 Å². The van der Waals surface area contributed by atoms with E-state index < -0.39 is 8.56 Å². The van der Waals surface area contributed by atoms with Crippen molar-refractivity contribution in [2.75, 3.05) is 73.1 Å². The fourth-order valence-corrected chi connectivity index (χ4v) is 7.18. The molecular weight excluding hydrogens is 402 g/mol. The number of nitrogens with zero attached hydrogens (tertiary/aromatic N) is 3. The van der Waals surface area contributed by atoms with Crippen LogP contribution in [-0.2, 0) is 8.85 Å². The normalized spacial score (nSPS) is 13.2. The minimum atomic E-state index is -2.09. The van der Waals surface area contributed by atoms with Crippen LogP contribution >= 0.6 is 0 Å². The van der Waals surface area contributed by atoms with Crippen LogP contribution in [0.5, 0.6) is 0 Å². The van der Waals surface area contributed by atoms with Gasteiger partial charge in [-0.05, 0) is 102 Å². The van der Waals surface area contributed by atoms with Crippen LogP contribution in [0.3, 0.4) is 0 Å². The molecule has 0 aromatic rings. The van der Waals surface area contributed by atoms with Gasteiger partial charge in [0, 0.05) is 14.2 Å². The van der Waals surface area contributed by atoms with Gasteiger partial charge in [0.25, 0.3) is 0 Å². The third kappa shape index (κ3) is 11.1.